The minimum absolute atomic E-state index is 0.0255. The number of aromatic nitrogens is 2. The molecule has 1 heterocycles. The molecule has 2 aromatic rings. The summed E-state index contributed by atoms with van der Waals surface area (Å²) in [5, 5.41) is 6.13. The first-order chi connectivity index (χ1) is 11.8. The fourth-order valence-electron chi connectivity index (χ4n) is 2.44. The van der Waals surface area contributed by atoms with E-state index in [0.717, 1.165) is 22.6 Å². The van der Waals surface area contributed by atoms with E-state index in [4.69, 9.17) is 0 Å². The van der Waals surface area contributed by atoms with Gasteiger partial charge in [-0.1, -0.05) is 19.9 Å². The molecule has 0 spiro atoms. The van der Waals surface area contributed by atoms with Crippen molar-refractivity contribution >= 4 is 29.0 Å². The van der Waals surface area contributed by atoms with Crippen molar-refractivity contribution in [3.05, 3.63) is 42.4 Å². The number of carbonyl (C=O) groups is 1. The normalized spacial score (nSPS) is 10.7. The third kappa shape index (κ3) is 5.17. The Kier molecular flexibility index (Phi) is 5.96. The van der Waals surface area contributed by atoms with Gasteiger partial charge in [-0.05, 0) is 37.5 Å². The van der Waals surface area contributed by atoms with Crippen LogP contribution in [0.3, 0.4) is 0 Å². The van der Waals surface area contributed by atoms with E-state index in [1.807, 2.05) is 58.0 Å². The molecule has 0 atom stereocenters. The highest BCUT2D eigenvalue weighted by Crippen LogP contribution is 2.27. The van der Waals surface area contributed by atoms with E-state index in [2.05, 4.69) is 27.5 Å². The number of benzene rings is 1. The number of aryl methyl sites for hydroxylation is 1. The lowest BCUT2D eigenvalue weighted by molar-refractivity contribution is -0.116. The van der Waals surface area contributed by atoms with Crippen molar-refractivity contribution in [2.75, 3.05) is 29.6 Å². The van der Waals surface area contributed by atoms with Gasteiger partial charge in [0.25, 0.3) is 0 Å². The third-order valence-electron chi connectivity index (χ3n) is 3.57. The Hall–Kier alpha value is -2.63. The molecule has 6 nitrogen and oxygen atoms in total. The van der Waals surface area contributed by atoms with E-state index < -0.39 is 0 Å². The molecule has 25 heavy (non-hydrogen) atoms. The van der Waals surface area contributed by atoms with Crippen molar-refractivity contribution in [1.82, 2.24) is 9.97 Å². The summed E-state index contributed by atoms with van der Waals surface area (Å²) >= 11 is 0. The number of amides is 1. The monoisotopic (exact) mass is 340 g/mol. The average Bonchev–Trinajstić information content (AvgIpc) is 2.50. The molecule has 0 saturated heterocycles. The van der Waals surface area contributed by atoms with Crippen LogP contribution in [0.2, 0.25) is 0 Å². The zero-order valence-electron chi connectivity index (χ0n) is 15.6. The molecule has 0 aliphatic rings. The minimum Gasteiger partial charge on any atom is -0.362 e. The molecule has 0 aliphatic carbocycles. The van der Waals surface area contributed by atoms with Crippen molar-refractivity contribution in [2.45, 2.75) is 27.2 Å². The summed E-state index contributed by atoms with van der Waals surface area (Å²) in [6, 6.07) is 5.58. The molecule has 2 N–H and O–H groups in total. The van der Waals surface area contributed by atoms with E-state index in [1.54, 1.807) is 6.20 Å². The van der Waals surface area contributed by atoms with Gasteiger partial charge in [0.2, 0.25) is 11.9 Å². The molecule has 1 aromatic heterocycles. The van der Waals surface area contributed by atoms with Gasteiger partial charge < -0.3 is 15.5 Å². The number of carbonyl (C=O) groups excluding carboxylic acids is 1. The molecule has 0 saturated carbocycles. The predicted octanol–water partition coefficient (Wildman–Crippen LogP) is 3.76. The summed E-state index contributed by atoms with van der Waals surface area (Å²) < 4.78 is 0. The first-order valence-corrected chi connectivity index (χ1v) is 8.30. The lowest BCUT2D eigenvalue weighted by Crippen LogP contribution is -2.16. The molecule has 0 unspecified atom stereocenters. The van der Waals surface area contributed by atoms with Crippen LogP contribution in [0.4, 0.5) is 23.1 Å². The van der Waals surface area contributed by atoms with Crippen LogP contribution in [0.15, 0.2) is 24.4 Å². The van der Waals surface area contributed by atoms with Gasteiger partial charge in [0.05, 0.1) is 11.4 Å². The fourth-order valence-corrected chi connectivity index (χ4v) is 2.44. The Bertz CT molecular complexity index is 755. The highest BCUT2D eigenvalue weighted by Gasteiger charge is 2.11. The van der Waals surface area contributed by atoms with Crippen LogP contribution in [0.1, 0.15) is 31.4 Å². The molecule has 133 valence electrons. The predicted molar refractivity (Wildman–Crippen MR) is 103 cm³/mol. The maximum absolute atomic E-state index is 12.1. The number of anilines is 4. The van der Waals surface area contributed by atoms with Gasteiger partial charge in [-0.25, -0.2) is 4.98 Å². The van der Waals surface area contributed by atoms with Gasteiger partial charge in [-0.2, -0.15) is 4.98 Å². The third-order valence-corrected chi connectivity index (χ3v) is 3.57. The van der Waals surface area contributed by atoms with Gasteiger partial charge in [-0.15, -0.1) is 0 Å². The second-order valence-corrected chi connectivity index (χ2v) is 6.75. The second kappa shape index (κ2) is 7.96. The summed E-state index contributed by atoms with van der Waals surface area (Å²) in [4.78, 5) is 22.9. The zero-order chi connectivity index (χ0) is 18.6. The molecular formula is C19H26N5O. The number of nitrogens with zero attached hydrogens (tertiary/aromatic N) is 3. The van der Waals surface area contributed by atoms with Gasteiger partial charge >= 0.3 is 0 Å². The molecule has 1 amide bonds. The van der Waals surface area contributed by atoms with Gasteiger partial charge in [0, 0.05) is 32.3 Å². The molecule has 1 radical (unpaired) electrons. The summed E-state index contributed by atoms with van der Waals surface area (Å²) in [6.07, 6.45) is 2.24. The van der Waals surface area contributed by atoms with Gasteiger partial charge in [0.1, 0.15) is 5.82 Å². The van der Waals surface area contributed by atoms with E-state index in [-0.39, 0.29) is 5.91 Å². The molecule has 1 aromatic carbocycles. The summed E-state index contributed by atoms with van der Waals surface area (Å²) in [5.41, 5.74) is 3.23. The summed E-state index contributed by atoms with van der Waals surface area (Å²) in [5.74, 6) is 1.59. The van der Waals surface area contributed by atoms with E-state index >= 15 is 0 Å². The minimum atomic E-state index is -0.0255. The van der Waals surface area contributed by atoms with Crippen molar-refractivity contribution in [2.24, 2.45) is 5.92 Å². The van der Waals surface area contributed by atoms with Crippen LogP contribution in [0, 0.1) is 19.8 Å². The number of rotatable bonds is 6. The van der Waals surface area contributed by atoms with Crippen LogP contribution in [-0.2, 0) is 4.79 Å². The Balaban J connectivity index is 2.27. The quantitative estimate of drug-likeness (QED) is 0.838. The Morgan fingerprint density at radius 1 is 1.28 bits per heavy atom. The number of hydrogen-bond donors (Lipinski definition) is 2. The standard InChI is InChI=1S/C19H26N5O/c1-12(2)9-17(25)21-16-10-13(3)7-8-15(16)22-19-20-11-14(4)18(23-19)24(5)6/h7-8,10-12H,3,9H2,1-2,4-6H3,(H,21,25)(H,20,22,23). The Morgan fingerprint density at radius 2 is 2.00 bits per heavy atom. The first-order valence-electron chi connectivity index (χ1n) is 8.30. The first kappa shape index (κ1) is 18.7. The van der Waals surface area contributed by atoms with Crippen molar-refractivity contribution in [3.8, 4) is 0 Å². The molecule has 6 heteroatoms. The van der Waals surface area contributed by atoms with Gasteiger partial charge in [0.15, 0.2) is 0 Å². The second-order valence-electron chi connectivity index (χ2n) is 6.75. The van der Waals surface area contributed by atoms with E-state index in [1.165, 1.54) is 0 Å². The van der Waals surface area contributed by atoms with Crippen LogP contribution in [0.5, 0.6) is 0 Å². The fraction of sp³-hybridized carbons (Fsp3) is 0.368. The number of hydrogen-bond acceptors (Lipinski definition) is 5. The van der Waals surface area contributed by atoms with Crippen LogP contribution in [-0.4, -0.2) is 30.0 Å². The van der Waals surface area contributed by atoms with Crippen molar-refractivity contribution in [1.29, 1.82) is 0 Å². The highest BCUT2D eigenvalue weighted by molar-refractivity contribution is 5.95. The van der Waals surface area contributed by atoms with Crippen LogP contribution in [0.25, 0.3) is 0 Å². The zero-order valence-corrected chi connectivity index (χ0v) is 15.6. The molecule has 2 rings (SSSR count). The number of nitrogens with one attached hydrogen (secondary N) is 2. The van der Waals surface area contributed by atoms with E-state index in [9.17, 15) is 4.79 Å². The van der Waals surface area contributed by atoms with Crippen molar-refractivity contribution in [3.63, 3.8) is 0 Å². The molecule has 0 bridgehead atoms. The van der Waals surface area contributed by atoms with Crippen LogP contribution >= 0.6 is 0 Å². The smallest absolute Gasteiger partial charge is 0.229 e. The molecule has 0 fully saturated rings. The summed E-state index contributed by atoms with van der Waals surface area (Å²) in [6.45, 7) is 9.92. The van der Waals surface area contributed by atoms with Crippen LogP contribution < -0.4 is 15.5 Å². The largest absolute Gasteiger partial charge is 0.362 e. The lowest BCUT2D eigenvalue weighted by atomic mass is 10.1. The van der Waals surface area contributed by atoms with Crippen molar-refractivity contribution < 1.29 is 4.79 Å². The lowest BCUT2D eigenvalue weighted by Gasteiger charge is -2.17. The van der Waals surface area contributed by atoms with E-state index in [0.29, 0.717) is 24.0 Å². The maximum Gasteiger partial charge on any atom is 0.229 e. The maximum atomic E-state index is 12.1. The molecular weight excluding hydrogens is 314 g/mol. The topological polar surface area (TPSA) is 70.2 Å². The molecule has 0 aliphatic heterocycles. The summed E-state index contributed by atoms with van der Waals surface area (Å²) in [7, 11) is 3.88. The SMILES string of the molecule is [CH2]c1ccc(Nc2ncc(C)c(N(C)C)n2)c(NC(=O)CC(C)C)c1. The Labute approximate surface area is 149 Å². The Morgan fingerprint density at radius 3 is 2.64 bits per heavy atom. The highest BCUT2D eigenvalue weighted by atomic mass is 16.1. The average molecular weight is 340 g/mol. The van der Waals surface area contributed by atoms with Gasteiger partial charge in [-0.3, -0.25) is 4.79 Å².